The van der Waals surface area contributed by atoms with Crippen molar-refractivity contribution in [1.29, 1.82) is 0 Å². The van der Waals surface area contributed by atoms with Crippen LogP contribution in [0.15, 0.2) is 23.2 Å². The zero-order chi connectivity index (χ0) is 20.1. The fourth-order valence-corrected chi connectivity index (χ4v) is 4.30. The molecule has 0 aromatic heterocycles. The standard InChI is InChI=1S/C22H36N4O2/c1-16-6-7-20(17(2)12-16)21-14-25(8-11-28-21)22(23-5)24-13-18(3)26-9-10-27-15-19(26)4/h6-7,12,18-19,21H,8-11,13-15H2,1-5H3,(H,23,24). The molecule has 2 aliphatic rings. The number of nitrogens with zero attached hydrogens (tertiary/aromatic N) is 3. The van der Waals surface area contributed by atoms with E-state index >= 15 is 0 Å². The molecule has 0 spiro atoms. The van der Waals surface area contributed by atoms with Gasteiger partial charge >= 0.3 is 0 Å². The van der Waals surface area contributed by atoms with E-state index in [1.165, 1.54) is 16.7 Å². The summed E-state index contributed by atoms with van der Waals surface area (Å²) in [5.74, 6) is 0.964. The van der Waals surface area contributed by atoms with E-state index in [4.69, 9.17) is 9.47 Å². The summed E-state index contributed by atoms with van der Waals surface area (Å²) in [6, 6.07) is 7.51. The van der Waals surface area contributed by atoms with Crippen molar-refractivity contribution in [1.82, 2.24) is 15.1 Å². The average molecular weight is 389 g/mol. The van der Waals surface area contributed by atoms with Crippen LogP contribution in [-0.2, 0) is 9.47 Å². The molecule has 6 nitrogen and oxygen atoms in total. The summed E-state index contributed by atoms with van der Waals surface area (Å²) in [6.45, 7) is 14.7. The summed E-state index contributed by atoms with van der Waals surface area (Å²) >= 11 is 0. The SMILES string of the molecule is CN=C(NCC(C)N1CCOCC1C)N1CCOC(c2ccc(C)cc2C)C1. The molecule has 0 bridgehead atoms. The van der Waals surface area contributed by atoms with Gasteiger partial charge < -0.3 is 19.7 Å². The number of rotatable bonds is 4. The zero-order valence-corrected chi connectivity index (χ0v) is 18.1. The Kier molecular flexibility index (Phi) is 7.32. The molecule has 1 N–H and O–H groups in total. The number of hydrogen-bond acceptors (Lipinski definition) is 4. The molecule has 3 rings (SSSR count). The Hall–Kier alpha value is -1.63. The van der Waals surface area contributed by atoms with Crippen LogP contribution in [0.3, 0.4) is 0 Å². The first-order valence-corrected chi connectivity index (χ1v) is 10.5. The Morgan fingerprint density at radius 3 is 2.82 bits per heavy atom. The number of benzene rings is 1. The molecule has 0 radical (unpaired) electrons. The van der Waals surface area contributed by atoms with Gasteiger partial charge in [0.1, 0.15) is 6.10 Å². The van der Waals surface area contributed by atoms with Crippen molar-refractivity contribution in [2.75, 3.05) is 53.0 Å². The van der Waals surface area contributed by atoms with Crippen molar-refractivity contribution in [2.24, 2.45) is 4.99 Å². The van der Waals surface area contributed by atoms with Crippen LogP contribution < -0.4 is 5.32 Å². The van der Waals surface area contributed by atoms with Crippen LogP contribution in [0.4, 0.5) is 0 Å². The topological polar surface area (TPSA) is 49.3 Å². The number of aliphatic imine (C=N–C) groups is 1. The first kappa shape index (κ1) is 21.1. The molecule has 3 atom stereocenters. The minimum atomic E-state index is 0.0876. The van der Waals surface area contributed by atoms with Crippen LogP contribution in [0.25, 0.3) is 0 Å². The van der Waals surface area contributed by atoms with Gasteiger partial charge in [0, 0.05) is 38.8 Å². The van der Waals surface area contributed by atoms with Crippen molar-refractivity contribution in [3.63, 3.8) is 0 Å². The fourth-order valence-electron chi connectivity index (χ4n) is 4.30. The van der Waals surface area contributed by atoms with Gasteiger partial charge in [0.15, 0.2) is 5.96 Å². The van der Waals surface area contributed by atoms with Gasteiger partial charge in [-0.3, -0.25) is 9.89 Å². The van der Waals surface area contributed by atoms with Gasteiger partial charge in [0.25, 0.3) is 0 Å². The molecule has 1 aromatic carbocycles. The normalized spacial score (nSPS) is 25.6. The first-order valence-electron chi connectivity index (χ1n) is 10.5. The third-order valence-electron chi connectivity index (χ3n) is 5.89. The maximum absolute atomic E-state index is 6.10. The van der Waals surface area contributed by atoms with Crippen LogP contribution in [0.1, 0.15) is 36.6 Å². The molecule has 2 saturated heterocycles. The maximum Gasteiger partial charge on any atom is 0.193 e. The first-order chi connectivity index (χ1) is 13.5. The molecule has 2 aliphatic heterocycles. The van der Waals surface area contributed by atoms with Gasteiger partial charge in [0.05, 0.1) is 26.4 Å². The molecule has 1 aromatic rings. The second-order valence-corrected chi connectivity index (χ2v) is 8.10. The van der Waals surface area contributed by atoms with E-state index in [0.29, 0.717) is 18.7 Å². The zero-order valence-electron chi connectivity index (χ0n) is 18.1. The van der Waals surface area contributed by atoms with E-state index < -0.39 is 0 Å². The number of guanidine groups is 1. The van der Waals surface area contributed by atoms with E-state index in [2.05, 4.69) is 66.0 Å². The van der Waals surface area contributed by atoms with E-state index in [1.54, 1.807) is 0 Å². The molecule has 0 saturated carbocycles. The Morgan fingerprint density at radius 2 is 2.11 bits per heavy atom. The number of hydrogen-bond donors (Lipinski definition) is 1. The van der Waals surface area contributed by atoms with Crippen LogP contribution in [-0.4, -0.2) is 80.9 Å². The third-order valence-corrected chi connectivity index (χ3v) is 5.89. The van der Waals surface area contributed by atoms with Crippen LogP contribution >= 0.6 is 0 Å². The predicted octanol–water partition coefficient (Wildman–Crippen LogP) is 2.36. The highest BCUT2D eigenvalue weighted by atomic mass is 16.5. The molecule has 6 heteroatoms. The lowest BCUT2D eigenvalue weighted by molar-refractivity contribution is -0.0185. The summed E-state index contributed by atoms with van der Waals surface area (Å²) in [4.78, 5) is 9.38. The van der Waals surface area contributed by atoms with E-state index in [1.807, 2.05) is 7.05 Å². The Bertz CT molecular complexity index is 679. The molecule has 2 heterocycles. The highest BCUT2D eigenvalue weighted by Gasteiger charge is 2.27. The largest absolute Gasteiger partial charge is 0.379 e. The Balaban J connectivity index is 1.59. The smallest absolute Gasteiger partial charge is 0.193 e. The third kappa shape index (κ3) is 5.04. The minimum absolute atomic E-state index is 0.0876. The van der Waals surface area contributed by atoms with Gasteiger partial charge in [-0.15, -0.1) is 0 Å². The lowest BCUT2D eigenvalue weighted by atomic mass is 10.00. The van der Waals surface area contributed by atoms with E-state index in [-0.39, 0.29) is 6.10 Å². The molecule has 0 aliphatic carbocycles. The maximum atomic E-state index is 6.10. The second kappa shape index (κ2) is 9.72. The highest BCUT2D eigenvalue weighted by Crippen LogP contribution is 2.26. The van der Waals surface area contributed by atoms with Gasteiger partial charge in [-0.1, -0.05) is 23.8 Å². The summed E-state index contributed by atoms with van der Waals surface area (Å²) in [6.07, 6.45) is 0.0876. The molecule has 0 amide bonds. The van der Waals surface area contributed by atoms with Crippen LogP contribution in [0.5, 0.6) is 0 Å². The summed E-state index contributed by atoms with van der Waals surface area (Å²) < 4.78 is 11.7. The fraction of sp³-hybridized carbons (Fsp3) is 0.682. The van der Waals surface area contributed by atoms with E-state index in [0.717, 1.165) is 45.4 Å². The summed E-state index contributed by atoms with van der Waals surface area (Å²) in [5.41, 5.74) is 3.86. The Labute approximate surface area is 169 Å². The molecular weight excluding hydrogens is 352 g/mol. The summed E-state index contributed by atoms with van der Waals surface area (Å²) in [7, 11) is 1.87. The molecule has 28 heavy (non-hydrogen) atoms. The van der Waals surface area contributed by atoms with Crippen molar-refractivity contribution < 1.29 is 9.47 Å². The van der Waals surface area contributed by atoms with E-state index in [9.17, 15) is 0 Å². The predicted molar refractivity (Wildman–Crippen MR) is 114 cm³/mol. The second-order valence-electron chi connectivity index (χ2n) is 8.10. The monoisotopic (exact) mass is 388 g/mol. The van der Waals surface area contributed by atoms with Gasteiger partial charge in [-0.05, 0) is 38.8 Å². The number of nitrogens with one attached hydrogen (secondary N) is 1. The lowest BCUT2D eigenvalue weighted by Crippen LogP contribution is -2.54. The number of morpholine rings is 2. The van der Waals surface area contributed by atoms with Crippen molar-refractivity contribution in [2.45, 2.75) is 45.9 Å². The van der Waals surface area contributed by atoms with Gasteiger partial charge in [0.2, 0.25) is 0 Å². The number of aryl methyl sites for hydroxylation is 2. The highest BCUT2D eigenvalue weighted by molar-refractivity contribution is 5.80. The lowest BCUT2D eigenvalue weighted by Gasteiger charge is -2.39. The molecule has 3 unspecified atom stereocenters. The Morgan fingerprint density at radius 1 is 1.29 bits per heavy atom. The quantitative estimate of drug-likeness (QED) is 0.634. The molecule has 2 fully saturated rings. The van der Waals surface area contributed by atoms with Crippen molar-refractivity contribution in [3.05, 3.63) is 34.9 Å². The molecule has 156 valence electrons. The minimum Gasteiger partial charge on any atom is -0.379 e. The average Bonchev–Trinajstić information content (AvgIpc) is 2.69. The van der Waals surface area contributed by atoms with Gasteiger partial charge in [-0.2, -0.15) is 0 Å². The van der Waals surface area contributed by atoms with Gasteiger partial charge in [-0.25, -0.2) is 0 Å². The van der Waals surface area contributed by atoms with Crippen molar-refractivity contribution in [3.8, 4) is 0 Å². The molecular formula is C22H36N4O2. The summed E-state index contributed by atoms with van der Waals surface area (Å²) in [5, 5.41) is 3.59. The van der Waals surface area contributed by atoms with Crippen LogP contribution in [0, 0.1) is 13.8 Å². The van der Waals surface area contributed by atoms with Crippen LogP contribution in [0.2, 0.25) is 0 Å². The number of ether oxygens (including phenoxy) is 2. The van der Waals surface area contributed by atoms with Crippen molar-refractivity contribution >= 4 is 5.96 Å².